The van der Waals surface area contributed by atoms with Crippen LogP contribution in [0.3, 0.4) is 0 Å². The maximum atomic E-state index is 5.69. The molecule has 0 aromatic carbocycles. The van der Waals surface area contributed by atoms with Gasteiger partial charge in [0.1, 0.15) is 0 Å². The number of alkyl halides is 1. The number of rotatable bonds is 7. The van der Waals surface area contributed by atoms with Crippen molar-refractivity contribution in [3.8, 4) is 5.88 Å². The molecule has 1 heterocycles. The van der Waals surface area contributed by atoms with Gasteiger partial charge in [0.2, 0.25) is 11.8 Å². The lowest BCUT2D eigenvalue weighted by Gasteiger charge is -2.12. The third-order valence-electron chi connectivity index (χ3n) is 2.33. The van der Waals surface area contributed by atoms with Crippen LogP contribution in [0.15, 0.2) is 6.07 Å². The van der Waals surface area contributed by atoms with Gasteiger partial charge in [-0.25, -0.2) is 4.98 Å². The third-order valence-corrected chi connectivity index (χ3v) is 2.55. The molecule has 1 aromatic heterocycles. The van der Waals surface area contributed by atoms with E-state index in [9.17, 15) is 0 Å². The highest BCUT2D eigenvalue weighted by atomic mass is 35.5. The lowest BCUT2D eigenvalue weighted by atomic mass is 10.1. The van der Waals surface area contributed by atoms with Crippen LogP contribution in [0.2, 0.25) is 0 Å². The van der Waals surface area contributed by atoms with Crippen molar-refractivity contribution in [1.82, 2.24) is 9.97 Å². The van der Waals surface area contributed by atoms with Gasteiger partial charge in [-0.15, -0.1) is 11.6 Å². The first-order chi connectivity index (χ1) is 8.15. The van der Waals surface area contributed by atoms with Crippen molar-refractivity contribution in [2.24, 2.45) is 5.92 Å². The molecular weight excluding hydrogens is 238 g/mol. The van der Waals surface area contributed by atoms with Crippen molar-refractivity contribution < 1.29 is 4.74 Å². The van der Waals surface area contributed by atoms with Gasteiger partial charge in [0.05, 0.1) is 6.61 Å². The second-order valence-electron chi connectivity index (χ2n) is 4.07. The van der Waals surface area contributed by atoms with E-state index in [0.29, 0.717) is 30.2 Å². The van der Waals surface area contributed by atoms with Gasteiger partial charge in [-0.05, 0) is 26.2 Å². The minimum atomic E-state index is 0.507. The van der Waals surface area contributed by atoms with Crippen molar-refractivity contribution >= 4 is 17.5 Å². The van der Waals surface area contributed by atoms with Gasteiger partial charge in [0.15, 0.2) is 0 Å². The molecule has 1 N–H and O–H groups in total. The summed E-state index contributed by atoms with van der Waals surface area (Å²) >= 11 is 5.69. The number of nitrogens with zero attached hydrogens (tertiary/aromatic N) is 2. The molecule has 1 unspecified atom stereocenters. The van der Waals surface area contributed by atoms with E-state index in [-0.39, 0.29) is 0 Å². The van der Waals surface area contributed by atoms with Crippen LogP contribution in [0.25, 0.3) is 0 Å². The van der Waals surface area contributed by atoms with Crippen LogP contribution >= 0.6 is 11.6 Å². The van der Waals surface area contributed by atoms with Crippen LogP contribution in [0.4, 0.5) is 5.95 Å². The number of nitrogens with one attached hydrogen (secondary N) is 1. The Morgan fingerprint density at radius 1 is 1.47 bits per heavy atom. The number of ether oxygens (including phenoxy) is 1. The summed E-state index contributed by atoms with van der Waals surface area (Å²) in [6.45, 7) is 7.44. The molecule has 1 aromatic rings. The monoisotopic (exact) mass is 257 g/mol. The smallest absolute Gasteiger partial charge is 0.226 e. The molecule has 1 rings (SSSR count). The average Bonchev–Trinajstić information content (AvgIpc) is 2.26. The first-order valence-electron chi connectivity index (χ1n) is 5.94. The Bertz CT molecular complexity index is 347. The van der Waals surface area contributed by atoms with E-state index in [1.807, 2.05) is 19.9 Å². The molecule has 0 aliphatic rings. The lowest BCUT2D eigenvalue weighted by molar-refractivity contribution is 0.326. The van der Waals surface area contributed by atoms with E-state index in [0.717, 1.165) is 18.7 Å². The molecular formula is C12H20ClN3O. The zero-order chi connectivity index (χ0) is 12.7. The second-order valence-corrected chi connectivity index (χ2v) is 4.45. The summed E-state index contributed by atoms with van der Waals surface area (Å²) in [6, 6.07) is 1.83. The van der Waals surface area contributed by atoms with Crippen LogP contribution in [0, 0.1) is 12.8 Å². The van der Waals surface area contributed by atoms with Gasteiger partial charge in [-0.1, -0.05) is 6.92 Å². The van der Waals surface area contributed by atoms with Crippen molar-refractivity contribution in [1.29, 1.82) is 0 Å². The van der Waals surface area contributed by atoms with E-state index in [4.69, 9.17) is 16.3 Å². The van der Waals surface area contributed by atoms with Crippen LogP contribution in [0.1, 0.15) is 26.0 Å². The van der Waals surface area contributed by atoms with E-state index in [1.165, 1.54) is 0 Å². The summed E-state index contributed by atoms with van der Waals surface area (Å²) in [4.78, 5) is 8.59. The number of halogens is 1. The van der Waals surface area contributed by atoms with Gasteiger partial charge in [-0.3, -0.25) is 0 Å². The predicted octanol–water partition coefficient (Wildman–Crippen LogP) is 2.86. The molecule has 0 bridgehead atoms. The van der Waals surface area contributed by atoms with Crippen molar-refractivity contribution in [2.45, 2.75) is 27.2 Å². The first-order valence-corrected chi connectivity index (χ1v) is 6.47. The Morgan fingerprint density at radius 3 is 2.88 bits per heavy atom. The van der Waals surface area contributed by atoms with Crippen LogP contribution < -0.4 is 10.1 Å². The molecule has 5 heteroatoms. The maximum absolute atomic E-state index is 5.69. The number of anilines is 1. The maximum Gasteiger partial charge on any atom is 0.226 e. The van der Waals surface area contributed by atoms with Crippen molar-refractivity contribution in [3.63, 3.8) is 0 Å². The predicted molar refractivity (Wildman–Crippen MR) is 70.9 cm³/mol. The average molecular weight is 258 g/mol. The number of hydrogen-bond acceptors (Lipinski definition) is 4. The Labute approximate surface area is 108 Å². The number of hydrogen-bond donors (Lipinski definition) is 1. The quantitative estimate of drug-likeness (QED) is 0.763. The Balaban J connectivity index is 2.57. The lowest BCUT2D eigenvalue weighted by Crippen LogP contribution is -2.14. The van der Waals surface area contributed by atoms with Crippen molar-refractivity contribution in [2.75, 3.05) is 24.3 Å². The highest BCUT2D eigenvalue weighted by molar-refractivity contribution is 6.17. The SMILES string of the molecule is CCOc1cc(C)nc(NCC(C)CCCl)n1. The fourth-order valence-corrected chi connectivity index (χ4v) is 1.77. The first kappa shape index (κ1) is 14.0. The Kier molecular flexibility index (Phi) is 6.05. The summed E-state index contributed by atoms with van der Waals surface area (Å²) in [5.74, 6) is 2.43. The third kappa shape index (κ3) is 5.22. The highest BCUT2D eigenvalue weighted by Gasteiger charge is 2.05. The zero-order valence-corrected chi connectivity index (χ0v) is 11.4. The summed E-state index contributed by atoms with van der Waals surface area (Å²) < 4.78 is 5.37. The normalized spacial score (nSPS) is 12.2. The fraction of sp³-hybridized carbons (Fsp3) is 0.667. The summed E-state index contributed by atoms with van der Waals surface area (Å²) in [6.07, 6.45) is 0.985. The van der Waals surface area contributed by atoms with E-state index in [2.05, 4.69) is 22.2 Å². The second kappa shape index (κ2) is 7.33. The Morgan fingerprint density at radius 2 is 2.24 bits per heavy atom. The summed E-state index contributed by atoms with van der Waals surface area (Å²) in [5.41, 5.74) is 0.899. The standard InChI is InChI=1S/C12H20ClN3O/c1-4-17-11-7-10(3)15-12(16-11)14-8-9(2)5-6-13/h7,9H,4-6,8H2,1-3H3,(H,14,15,16). The highest BCUT2D eigenvalue weighted by Crippen LogP contribution is 2.12. The number of aryl methyl sites for hydroxylation is 1. The minimum Gasteiger partial charge on any atom is -0.478 e. The molecule has 96 valence electrons. The molecule has 0 saturated carbocycles. The molecule has 4 nitrogen and oxygen atoms in total. The summed E-state index contributed by atoms with van der Waals surface area (Å²) in [7, 11) is 0. The zero-order valence-electron chi connectivity index (χ0n) is 10.7. The molecule has 0 saturated heterocycles. The van der Waals surface area contributed by atoms with Gasteiger partial charge in [-0.2, -0.15) is 4.98 Å². The number of aromatic nitrogens is 2. The van der Waals surface area contributed by atoms with E-state index in [1.54, 1.807) is 0 Å². The Hall–Kier alpha value is -1.03. The molecule has 1 atom stereocenters. The molecule has 0 spiro atoms. The van der Waals surface area contributed by atoms with Crippen LogP contribution in [-0.2, 0) is 0 Å². The van der Waals surface area contributed by atoms with Gasteiger partial charge in [0.25, 0.3) is 0 Å². The fourth-order valence-electron chi connectivity index (χ4n) is 1.39. The minimum absolute atomic E-state index is 0.507. The van der Waals surface area contributed by atoms with Gasteiger partial charge >= 0.3 is 0 Å². The van der Waals surface area contributed by atoms with Crippen LogP contribution in [0.5, 0.6) is 5.88 Å². The topological polar surface area (TPSA) is 47.0 Å². The molecule has 0 amide bonds. The molecule has 0 aliphatic heterocycles. The largest absolute Gasteiger partial charge is 0.478 e. The van der Waals surface area contributed by atoms with Crippen molar-refractivity contribution in [3.05, 3.63) is 11.8 Å². The van der Waals surface area contributed by atoms with Gasteiger partial charge in [0, 0.05) is 24.2 Å². The van der Waals surface area contributed by atoms with Crippen LogP contribution in [-0.4, -0.2) is 29.0 Å². The van der Waals surface area contributed by atoms with E-state index < -0.39 is 0 Å². The molecule has 17 heavy (non-hydrogen) atoms. The summed E-state index contributed by atoms with van der Waals surface area (Å²) in [5, 5.41) is 3.21. The van der Waals surface area contributed by atoms with Gasteiger partial charge < -0.3 is 10.1 Å². The molecule has 0 fully saturated rings. The molecule has 0 aliphatic carbocycles. The molecule has 0 radical (unpaired) electrons. The van der Waals surface area contributed by atoms with E-state index >= 15 is 0 Å².